The van der Waals surface area contributed by atoms with Crippen molar-refractivity contribution in [2.24, 2.45) is 5.92 Å². The zero-order valence-electron chi connectivity index (χ0n) is 17.2. The lowest BCUT2D eigenvalue weighted by atomic mass is 10.1. The minimum atomic E-state index is -1.71. The molecule has 0 fully saturated rings. The van der Waals surface area contributed by atoms with Gasteiger partial charge in [-0.15, -0.1) is 0 Å². The van der Waals surface area contributed by atoms with Crippen molar-refractivity contribution in [2.75, 3.05) is 18.5 Å². The van der Waals surface area contributed by atoms with Crippen LogP contribution in [-0.4, -0.2) is 47.7 Å². The number of ether oxygens (including phenoxy) is 2. The van der Waals surface area contributed by atoms with Gasteiger partial charge in [0.1, 0.15) is 18.8 Å². The Kier molecular flexibility index (Phi) is 8.60. The lowest BCUT2D eigenvalue weighted by molar-refractivity contribution is -0.168. The van der Waals surface area contributed by atoms with Gasteiger partial charge < -0.3 is 25.2 Å². The average molecular weight is 405 g/mol. The molecule has 0 aliphatic heterocycles. The molecule has 1 aromatic carbocycles. The van der Waals surface area contributed by atoms with Crippen LogP contribution in [0.25, 0.3) is 0 Å². The first-order chi connectivity index (χ1) is 13.4. The zero-order chi connectivity index (χ0) is 22.2. The molecule has 9 heteroatoms. The Morgan fingerprint density at radius 1 is 1.24 bits per heavy atom. The number of benzene rings is 1. The van der Waals surface area contributed by atoms with Crippen molar-refractivity contribution in [3.63, 3.8) is 0 Å². The molecule has 0 heterocycles. The van der Waals surface area contributed by atoms with Crippen molar-refractivity contribution < 1.29 is 29.0 Å². The molecule has 158 valence electrons. The van der Waals surface area contributed by atoms with E-state index in [0.29, 0.717) is 5.69 Å². The Labute approximate surface area is 170 Å². The zero-order valence-corrected chi connectivity index (χ0v) is 17.2. The lowest BCUT2D eigenvalue weighted by Gasteiger charge is -2.25. The molecule has 29 heavy (non-hydrogen) atoms. The van der Waals surface area contributed by atoms with Gasteiger partial charge in [-0.1, -0.05) is 19.9 Å². The molecule has 1 rings (SSSR count). The van der Waals surface area contributed by atoms with Crippen LogP contribution >= 0.6 is 0 Å². The summed E-state index contributed by atoms with van der Waals surface area (Å²) in [5, 5.41) is 24.0. The standard InChI is InChI=1S/C20H27N3O6/c1-12(2)17(24)23-15-8-6-7-13(9-21)16(15)28-11-14(10-22-20(3,4)5)29-19(27)18(25)26/h6-8,12,14,22H,10-11H2,1-5H3,(H,23,24)(H,25,26). The first-order valence-electron chi connectivity index (χ1n) is 9.10. The highest BCUT2D eigenvalue weighted by Crippen LogP contribution is 2.29. The average Bonchev–Trinajstić information content (AvgIpc) is 2.63. The number of nitrogens with one attached hydrogen (secondary N) is 2. The SMILES string of the molecule is CC(C)C(=O)Nc1cccc(C#N)c1OCC(CNC(C)(C)C)OC(=O)C(=O)O. The smallest absolute Gasteiger partial charge is 0.417 e. The number of para-hydroxylation sites is 1. The van der Waals surface area contributed by atoms with E-state index in [-0.39, 0.29) is 41.8 Å². The van der Waals surface area contributed by atoms with Gasteiger partial charge in [-0.3, -0.25) is 4.79 Å². The van der Waals surface area contributed by atoms with Crippen molar-refractivity contribution in [3.8, 4) is 11.8 Å². The minimum absolute atomic E-state index is 0.121. The van der Waals surface area contributed by atoms with Gasteiger partial charge in [0, 0.05) is 18.0 Å². The van der Waals surface area contributed by atoms with Crippen LogP contribution in [0.15, 0.2) is 18.2 Å². The fourth-order valence-electron chi connectivity index (χ4n) is 2.09. The van der Waals surface area contributed by atoms with Gasteiger partial charge in [0.25, 0.3) is 0 Å². The molecule has 0 saturated heterocycles. The van der Waals surface area contributed by atoms with Gasteiger partial charge in [0.15, 0.2) is 5.75 Å². The van der Waals surface area contributed by atoms with E-state index in [1.807, 2.05) is 26.8 Å². The maximum absolute atomic E-state index is 12.0. The van der Waals surface area contributed by atoms with E-state index < -0.39 is 18.0 Å². The first kappa shape index (κ1) is 23.9. The third-order valence-corrected chi connectivity index (χ3v) is 3.64. The van der Waals surface area contributed by atoms with E-state index in [1.165, 1.54) is 6.07 Å². The Morgan fingerprint density at radius 2 is 1.90 bits per heavy atom. The molecule has 0 aliphatic carbocycles. The van der Waals surface area contributed by atoms with Crippen LogP contribution < -0.4 is 15.4 Å². The topological polar surface area (TPSA) is 138 Å². The molecule has 0 bridgehead atoms. The molecule has 0 aliphatic rings. The van der Waals surface area contributed by atoms with Gasteiger partial charge in [-0.05, 0) is 32.9 Å². The molecular formula is C20H27N3O6. The van der Waals surface area contributed by atoms with Crippen LogP contribution in [0.4, 0.5) is 5.69 Å². The quantitative estimate of drug-likeness (QED) is 0.440. The highest BCUT2D eigenvalue weighted by Gasteiger charge is 2.24. The second-order valence-electron chi connectivity index (χ2n) is 7.71. The largest absolute Gasteiger partial charge is 0.486 e. The number of aliphatic carboxylic acids is 1. The van der Waals surface area contributed by atoms with Crippen LogP contribution in [0.2, 0.25) is 0 Å². The summed E-state index contributed by atoms with van der Waals surface area (Å²) in [6.45, 7) is 9.06. The number of hydrogen-bond acceptors (Lipinski definition) is 7. The number of carboxylic acids is 1. The Bertz CT molecular complexity index is 792. The number of hydrogen-bond donors (Lipinski definition) is 3. The van der Waals surface area contributed by atoms with Crippen LogP contribution in [0.1, 0.15) is 40.2 Å². The van der Waals surface area contributed by atoms with Gasteiger partial charge in [0.05, 0.1) is 11.3 Å². The number of esters is 1. The highest BCUT2D eigenvalue weighted by molar-refractivity contribution is 6.28. The maximum atomic E-state index is 12.0. The first-order valence-corrected chi connectivity index (χ1v) is 9.10. The number of carbonyl (C=O) groups is 3. The van der Waals surface area contributed by atoms with E-state index >= 15 is 0 Å². The molecule has 9 nitrogen and oxygen atoms in total. The van der Waals surface area contributed by atoms with Gasteiger partial charge in [0.2, 0.25) is 5.91 Å². The molecule has 0 saturated carbocycles. The summed E-state index contributed by atoms with van der Waals surface area (Å²) in [5.41, 5.74) is 0.169. The van der Waals surface area contributed by atoms with E-state index in [2.05, 4.69) is 10.6 Å². The normalized spacial score (nSPS) is 12.0. The van der Waals surface area contributed by atoms with Crippen LogP contribution in [0.5, 0.6) is 5.75 Å². The number of anilines is 1. The van der Waals surface area contributed by atoms with Gasteiger partial charge >= 0.3 is 11.9 Å². The summed E-state index contributed by atoms with van der Waals surface area (Å²) in [7, 11) is 0. The molecular weight excluding hydrogens is 378 g/mol. The summed E-state index contributed by atoms with van der Waals surface area (Å²) < 4.78 is 10.7. The molecule has 1 amide bonds. The summed E-state index contributed by atoms with van der Waals surface area (Å²) in [4.78, 5) is 34.3. The third kappa shape index (κ3) is 8.19. The van der Waals surface area contributed by atoms with Crippen molar-refractivity contribution in [1.82, 2.24) is 5.32 Å². The Morgan fingerprint density at radius 3 is 2.41 bits per heavy atom. The fourth-order valence-corrected chi connectivity index (χ4v) is 2.09. The summed E-state index contributed by atoms with van der Waals surface area (Å²) >= 11 is 0. The predicted molar refractivity (Wildman–Crippen MR) is 105 cm³/mol. The predicted octanol–water partition coefficient (Wildman–Crippen LogP) is 1.92. The van der Waals surface area contributed by atoms with Crippen LogP contribution in [0, 0.1) is 17.2 Å². The summed E-state index contributed by atoms with van der Waals surface area (Å²) in [6, 6.07) is 6.69. The molecule has 1 aromatic rings. The summed E-state index contributed by atoms with van der Waals surface area (Å²) in [6.07, 6.45) is -0.932. The number of amides is 1. The third-order valence-electron chi connectivity index (χ3n) is 3.64. The van der Waals surface area contributed by atoms with Crippen molar-refractivity contribution in [2.45, 2.75) is 46.3 Å². The molecule has 0 aromatic heterocycles. The summed E-state index contributed by atoms with van der Waals surface area (Å²) in [5.74, 6) is -3.54. The second-order valence-corrected chi connectivity index (χ2v) is 7.71. The van der Waals surface area contributed by atoms with Gasteiger partial charge in [-0.25, -0.2) is 9.59 Å². The number of nitrogens with zero attached hydrogens (tertiary/aromatic N) is 1. The second kappa shape index (κ2) is 10.4. The van der Waals surface area contributed by atoms with E-state index in [9.17, 15) is 19.6 Å². The number of carbonyl (C=O) groups excluding carboxylic acids is 2. The molecule has 0 radical (unpaired) electrons. The van der Waals surface area contributed by atoms with Gasteiger partial charge in [-0.2, -0.15) is 5.26 Å². The fraction of sp³-hybridized carbons (Fsp3) is 0.500. The monoisotopic (exact) mass is 405 g/mol. The minimum Gasteiger partial charge on any atom is -0.486 e. The van der Waals surface area contributed by atoms with Crippen molar-refractivity contribution in [1.29, 1.82) is 5.26 Å². The lowest BCUT2D eigenvalue weighted by Crippen LogP contribution is -2.44. The highest BCUT2D eigenvalue weighted by atomic mass is 16.6. The molecule has 1 atom stereocenters. The molecule has 1 unspecified atom stereocenters. The van der Waals surface area contributed by atoms with E-state index in [1.54, 1.807) is 26.0 Å². The van der Waals surface area contributed by atoms with Crippen molar-refractivity contribution in [3.05, 3.63) is 23.8 Å². The molecule has 0 spiro atoms. The number of rotatable bonds is 8. The van der Waals surface area contributed by atoms with Crippen LogP contribution in [-0.2, 0) is 19.1 Å². The van der Waals surface area contributed by atoms with E-state index in [4.69, 9.17) is 14.6 Å². The number of carboxylic acid groups (broad SMARTS) is 1. The number of nitriles is 1. The molecule has 3 N–H and O–H groups in total. The Hall–Kier alpha value is -3.12. The van der Waals surface area contributed by atoms with E-state index in [0.717, 1.165) is 0 Å². The van der Waals surface area contributed by atoms with Crippen LogP contribution in [0.3, 0.4) is 0 Å². The van der Waals surface area contributed by atoms with Crippen molar-refractivity contribution >= 4 is 23.5 Å². The Balaban J connectivity index is 3.04. The maximum Gasteiger partial charge on any atom is 0.417 e.